The topological polar surface area (TPSA) is 50.7 Å². The van der Waals surface area contributed by atoms with Crippen molar-refractivity contribution in [2.45, 2.75) is 20.0 Å². The van der Waals surface area contributed by atoms with Crippen molar-refractivity contribution in [2.24, 2.45) is 0 Å². The summed E-state index contributed by atoms with van der Waals surface area (Å²) < 4.78 is 11.1. The summed E-state index contributed by atoms with van der Waals surface area (Å²) in [6.45, 7) is 6.85. The predicted octanol–water partition coefficient (Wildman–Crippen LogP) is 1.01. The van der Waals surface area contributed by atoms with E-state index >= 15 is 0 Å². The van der Waals surface area contributed by atoms with Crippen molar-refractivity contribution in [3.05, 3.63) is 11.3 Å². The van der Waals surface area contributed by atoms with Gasteiger partial charge in [0.1, 0.15) is 5.82 Å². The first kappa shape index (κ1) is 15.0. The van der Waals surface area contributed by atoms with Crippen LogP contribution in [0.3, 0.4) is 0 Å². The monoisotopic (exact) mass is 280 g/mol. The molecule has 1 aliphatic heterocycles. The van der Waals surface area contributed by atoms with E-state index in [0.29, 0.717) is 19.8 Å². The predicted molar refractivity (Wildman–Crippen MR) is 79.7 cm³/mol. The summed E-state index contributed by atoms with van der Waals surface area (Å²) in [4.78, 5) is 13.2. The normalized spacial score (nSPS) is 18.9. The summed E-state index contributed by atoms with van der Waals surface area (Å²) in [6, 6.07) is 0. The van der Waals surface area contributed by atoms with Crippen LogP contribution in [0.2, 0.25) is 0 Å². The van der Waals surface area contributed by atoms with Crippen LogP contribution in [0.4, 0.5) is 11.8 Å². The standard InChI is InChI=1S/C14H24N4O2/c1-10-11(2)15-14(17(3)4)16-13(10)18(5)8-12-9-19-6-7-20-12/h12H,6-9H2,1-5H3/t12-/m0/s1. The minimum atomic E-state index is 0.103. The second-order valence-corrected chi connectivity index (χ2v) is 5.40. The highest BCUT2D eigenvalue weighted by Gasteiger charge is 2.19. The highest BCUT2D eigenvalue weighted by molar-refractivity contribution is 5.51. The fourth-order valence-electron chi connectivity index (χ4n) is 2.20. The van der Waals surface area contributed by atoms with Crippen molar-refractivity contribution >= 4 is 11.8 Å². The van der Waals surface area contributed by atoms with Crippen LogP contribution >= 0.6 is 0 Å². The average molecular weight is 280 g/mol. The molecule has 0 unspecified atom stereocenters. The Kier molecular flexibility index (Phi) is 4.77. The minimum Gasteiger partial charge on any atom is -0.376 e. The quantitative estimate of drug-likeness (QED) is 0.820. The molecule has 0 N–H and O–H groups in total. The fourth-order valence-corrected chi connectivity index (χ4v) is 2.20. The molecule has 0 radical (unpaired) electrons. The molecule has 1 atom stereocenters. The summed E-state index contributed by atoms with van der Waals surface area (Å²) in [6.07, 6.45) is 0.103. The average Bonchev–Trinajstić information content (AvgIpc) is 2.42. The summed E-state index contributed by atoms with van der Waals surface area (Å²) in [5.74, 6) is 1.69. The van der Waals surface area contributed by atoms with Crippen molar-refractivity contribution in [3.8, 4) is 0 Å². The largest absolute Gasteiger partial charge is 0.376 e. The lowest BCUT2D eigenvalue weighted by Crippen LogP contribution is -2.39. The SMILES string of the molecule is Cc1nc(N(C)C)nc(N(C)C[C@H]2COCCO2)c1C. The van der Waals surface area contributed by atoms with Crippen LogP contribution < -0.4 is 9.80 Å². The van der Waals surface area contributed by atoms with Gasteiger partial charge in [0.25, 0.3) is 0 Å². The van der Waals surface area contributed by atoms with E-state index < -0.39 is 0 Å². The first-order chi connectivity index (χ1) is 9.49. The first-order valence-corrected chi connectivity index (χ1v) is 6.92. The molecule has 6 heteroatoms. The third-order valence-electron chi connectivity index (χ3n) is 3.48. The summed E-state index contributed by atoms with van der Waals surface area (Å²) >= 11 is 0. The number of aryl methyl sites for hydroxylation is 1. The van der Waals surface area contributed by atoms with Crippen LogP contribution in [0.15, 0.2) is 0 Å². The molecule has 1 aliphatic rings. The van der Waals surface area contributed by atoms with E-state index in [9.17, 15) is 0 Å². The fraction of sp³-hybridized carbons (Fsp3) is 0.714. The van der Waals surface area contributed by atoms with Gasteiger partial charge in [-0.1, -0.05) is 0 Å². The van der Waals surface area contributed by atoms with Crippen LogP contribution in [0.25, 0.3) is 0 Å². The van der Waals surface area contributed by atoms with Crippen molar-refractivity contribution in [3.63, 3.8) is 0 Å². The maximum Gasteiger partial charge on any atom is 0.227 e. The van der Waals surface area contributed by atoms with Crippen molar-refractivity contribution in [1.29, 1.82) is 0 Å². The number of likely N-dealkylation sites (N-methyl/N-ethyl adjacent to an activating group) is 1. The Morgan fingerprint density at radius 3 is 2.50 bits per heavy atom. The zero-order chi connectivity index (χ0) is 14.7. The molecule has 0 amide bonds. The van der Waals surface area contributed by atoms with E-state index in [4.69, 9.17) is 9.47 Å². The van der Waals surface area contributed by atoms with Gasteiger partial charge in [-0.05, 0) is 13.8 Å². The molecule has 0 aliphatic carbocycles. The van der Waals surface area contributed by atoms with E-state index in [0.717, 1.165) is 29.6 Å². The highest BCUT2D eigenvalue weighted by Crippen LogP contribution is 2.22. The number of nitrogens with zero attached hydrogens (tertiary/aromatic N) is 4. The highest BCUT2D eigenvalue weighted by atomic mass is 16.6. The maximum absolute atomic E-state index is 5.70. The van der Waals surface area contributed by atoms with Crippen LogP contribution in [-0.4, -0.2) is 63.6 Å². The Hall–Kier alpha value is -1.40. The lowest BCUT2D eigenvalue weighted by atomic mass is 10.2. The van der Waals surface area contributed by atoms with E-state index in [1.54, 1.807) is 0 Å². The van der Waals surface area contributed by atoms with E-state index in [2.05, 4.69) is 21.8 Å². The molecular weight excluding hydrogens is 256 g/mol. The third-order valence-corrected chi connectivity index (χ3v) is 3.48. The van der Waals surface area contributed by atoms with Gasteiger partial charge in [-0.25, -0.2) is 4.98 Å². The first-order valence-electron chi connectivity index (χ1n) is 6.92. The van der Waals surface area contributed by atoms with Gasteiger partial charge in [0.2, 0.25) is 5.95 Å². The van der Waals surface area contributed by atoms with Crippen LogP contribution in [0.1, 0.15) is 11.3 Å². The maximum atomic E-state index is 5.70. The number of hydrogen-bond acceptors (Lipinski definition) is 6. The van der Waals surface area contributed by atoms with Crippen molar-refractivity contribution < 1.29 is 9.47 Å². The minimum absolute atomic E-state index is 0.103. The molecule has 0 aromatic carbocycles. The van der Waals surface area contributed by atoms with Crippen LogP contribution in [0, 0.1) is 13.8 Å². The van der Waals surface area contributed by atoms with Crippen LogP contribution in [-0.2, 0) is 9.47 Å². The van der Waals surface area contributed by atoms with Gasteiger partial charge in [0.05, 0.1) is 25.9 Å². The van der Waals surface area contributed by atoms with E-state index in [-0.39, 0.29) is 6.10 Å². The zero-order valence-corrected chi connectivity index (χ0v) is 13.0. The molecule has 1 aromatic heterocycles. The van der Waals surface area contributed by atoms with E-state index in [1.165, 1.54) is 0 Å². The summed E-state index contributed by atoms with van der Waals surface area (Å²) in [5, 5.41) is 0. The Morgan fingerprint density at radius 1 is 1.15 bits per heavy atom. The molecule has 1 fully saturated rings. The lowest BCUT2D eigenvalue weighted by Gasteiger charge is -2.29. The molecule has 1 saturated heterocycles. The van der Waals surface area contributed by atoms with Crippen molar-refractivity contribution in [2.75, 3.05) is 57.3 Å². The van der Waals surface area contributed by atoms with Crippen LogP contribution in [0.5, 0.6) is 0 Å². The molecule has 2 rings (SSSR count). The molecule has 6 nitrogen and oxygen atoms in total. The van der Waals surface area contributed by atoms with Gasteiger partial charge < -0.3 is 19.3 Å². The summed E-state index contributed by atoms with van der Waals surface area (Å²) in [7, 11) is 5.93. The molecule has 0 spiro atoms. The van der Waals surface area contributed by atoms with Gasteiger partial charge >= 0.3 is 0 Å². The number of ether oxygens (including phenoxy) is 2. The molecule has 2 heterocycles. The smallest absolute Gasteiger partial charge is 0.227 e. The van der Waals surface area contributed by atoms with Gasteiger partial charge in [0, 0.05) is 38.9 Å². The number of rotatable bonds is 4. The molecule has 0 bridgehead atoms. The Bertz CT molecular complexity index is 459. The number of aromatic nitrogens is 2. The Morgan fingerprint density at radius 2 is 1.90 bits per heavy atom. The van der Waals surface area contributed by atoms with Crippen molar-refractivity contribution in [1.82, 2.24) is 9.97 Å². The Balaban J connectivity index is 2.17. The van der Waals surface area contributed by atoms with Gasteiger partial charge in [0.15, 0.2) is 0 Å². The summed E-state index contributed by atoms with van der Waals surface area (Å²) in [5.41, 5.74) is 2.11. The Labute approximate surface area is 120 Å². The molecule has 112 valence electrons. The molecular formula is C14H24N4O2. The third kappa shape index (κ3) is 3.37. The van der Waals surface area contributed by atoms with Gasteiger partial charge in [-0.3, -0.25) is 0 Å². The lowest BCUT2D eigenvalue weighted by molar-refractivity contribution is -0.0837. The van der Waals surface area contributed by atoms with Gasteiger partial charge in [-0.2, -0.15) is 4.98 Å². The van der Waals surface area contributed by atoms with Gasteiger partial charge in [-0.15, -0.1) is 0 Å². The molecule has 20 heavy (non-hydrogen) atoms. The number of hydrogen-bond donors (Lipinski definition) is 0. The van der Waals surface area contributed by atoms with E-state index in [1.807, 2.05) is 33.0 Å². The molecule has 1 aromatic rings. The second-order valence-electron chi connectivity index (χ2n) is 5.40. The zero-order valence-electron chi connectivity index (χ0n) is 13.0. The second kappa shape index (κ2) is 6.37. The molecule has 0 saturated carbocycles. The number of anilines is 2.